The van der Waals surface area contributed by atoms with E-state index in [0.717, 1.165) is 26.2 Å². The van der Waals surface area contributed by atoms with E-state index in [9.17, 15) is 0 Å². The summed E-state index contributed by atoms with van der Waals surface area (Å²) < 4.78 is 0. The minimum atomic E-state index is 0.165. The molecule has 1 saturated heterocycles. The zero-order valence-electron chi connectivity index (χ0n) is 11.3. The quantitative estimate of drug-likeness (QED) is 0.877. The van der Waals surface area contributed by atoms with E-state index in [0.29, 0.717) is 6.04 Å². The second-order valence-electron chi connectivity index (χ2n) is 5.78. The Bertz CT molecular complexity index is 361. The van der Waals surface area contributed by atoms with Crippen LogP contribution in [0.5, 0.6) is 0 Å². The maximum absolute atomic E-state index is 4.81. The second-order valence-corrected chi connectivity index (χ2v) is 6.67. The van der Waals surface area contributed by atoms with Gasteiger partial charge in [0.25, 0.3) is 0 Å². The Morgan fingerprint density at radius 3 is 2.53 bits per heavy atom. The van der Waals surface area contributed by atoms with Crippen LogP contribution in [0.1, 0.15) is 44.4 Å². The van der Waals surface area contributed by atoms with Crippen molar-refractivity contribution < 1.29 is 0 Å². The molecule has 0 bridgehead atoms. The maximum atomic E-state index is 4.81. The number of piperazine rings is 1. The Hall–Kier alpha value is -0.450. The second kappa shape index (κ2) is 5.04. The first-order valence-corrected chi connectivity index (χ1v) is 7.27. The lowest BCUT2D eigenvalue weighted by molar-refractivity contribution is 0.185. The van der Waals surface area contributed by atoms with E-state index >= 15 is 0 Å². The van der Waals surface area contributed by atoms with Crippen LogP contribution in [0.25, 0.3) is 0 Å². The van der Waals surface area contributed by atoms with E-state index in [1.165, 1.54) is 10.7 Å². The first-order chi connectivity index (χ1) is 7.98. The molecular formula is C13H23N3S. The predicted molar refractivity (Wildman–Crippen MR) is 73.7 cm³/mol. The molecule has 3 nitrogen and oxygen atoms in total. The van der Waals surface area contributed by atoms with Crippen LogP contribution < -0.4 is 5.32 Å². The zero-order valence-corrected chi connectivity index (χ0v) is 12.1. The monoisotopic (exact) mass is 253 g/mol. The summed E-state index contributed by atoms with van der Waals surface area (Å²) >= 11 is 1.80. The van der Waals surface area contributed by atoms with Crippen LogP contribution in [0.2, 0.25) is 0 Å². The third-order valence-corrected chi connectivity index (χ3v) is 4.36. The molecule has 2 rings (SSSR count). The molecule has 1 atom stereocenters. The molecule has 1 aliphatic heterocycles. The number of aromatic nitrogens is 1. The van der Waals surface area contributed by atoms with E-state index in [2.05, 4.69) is 43.3 Å². The van der Waals surface area contributed by atoms with Gasteiger partial charge in [-0.25, -0.2) is 4.98 Å². The summed E-state index contributed by atoms with van der Waals surface area (Å²) in [7, 11) is 0. The van der Waals surface area contributed by atoms with Crippen LogP contribution >= 0.6 is 11.3 Å². The zero-order chi connectivity index (χ0) is 12.5. The molecule has 1 aromatic rings. The van der Waals surface area contributed by atoms with E-state index in [4.69, 9.17) is 4.98 Å². The molecular weight excluding hydrogens is 230 g/mol. The number of nitrogens with zero attached hydrogens (tertiary/aromatic N) is 2. The number of thiazole rings is 1. The van der Waals surface area contributed by atoms with Crippen molar-refractivity contribution in [1.82, 2.24) is 15.2 Å². The van der Waals surface area contributed by atoms with Crippen molar-refractivity contribution in [2.24, 2.45) is 0 Å². The van der Waals surface area contributed by atoms with Gasteiger partial charge < -0.3 is 5.32 Å². The van der Waals surface area contributed by atoms with Crippen molar-refractivity contribution in [3.8, 4) is 0 Å². The van der Waals surface area contributed by atoms with E-state index in [-0.39, 0.29) is 5.41 Å². The van der Waals surface area contributed by atoms with Crippen molar-refractivity contribution in [3.63, 3.8) is 0 Å². The fraction of sp³-hybridized carbons (Fsp3) is 0.769. The molecule has 4 heteroatoms. The van der Waals surface area contributed by atoms with E-state index < -0.39 is 0 Å². The molecule has 1 N–H and O–H groups in total. The molecule has 17 heavy (non-hydrogen) atoms. The highest BCUT2D eigenvalue weighted by molar-refractivity contribution is 7.09. The summed E-state index contributed by atoms with van der Waals surface area (Å²) in [5.74, 6) is 0. The van der Waals surface area contributed by atoms with E-state index in [1.54, 1.807) is 11.3 Å². The molecule has 0 aliphatic carbocycles. The van der Waals surface area contributed by atoms with Crippen LogP contribution in [-0.4, -0.2) is 36.1 Å². The molecule has 1 unspecified atom stereocenters. The standard InChI is InChI=1S/C13H23N3S/c1-10(16-7-5-14-6-8-16)12-15-11(9-17-12)13(2,3)4/h9-10,14H,5-8H2,1-4H3. The summed E-state index contributed by atoms with van der Waals surface area (Å²) in [5, 5.41) is 6.87. The topological polar surface area (TPSA) is 28.2 Å². The van der Waals surface area contributed by atoms with Gasteiger partial charge in [0, 0.05) is 37.0 Å². The Morgan fingerprint density at radius 1 is 1.35 bits per heavy atom. The smallest absolute Gasteiger partial charge is 0.110 e. The lowest BCUT2D eigenvalue weighted by Gasteiger charge is -2.31. The van der Waals surface area contributed by atoms with Crippen molar-refractivity contribution in [1.29, 1.82) is 0 Å². The largest absolute Gasteiger partial charge is 0.314 e. The van der Waals surface area contributed by atoms with Crippen molar-refractivity contribution in [2.75, 3.05) is 26.2 Å². The number of hydrogen-bond acceptors (Lipinski definition) is 4. The first kappa shape index (κ1) is 13.0. The predicted octanol–water partition coefficient (Wildman–Crippen LogP) is 2.41. The minimum Gasteiger partial charge on any atom is -0.314 e. The number of hydrogen-bond donors (Lipinski definition) is 1. The van der Waals surface area contributed by atoms with Gasteiger partial charge in [-0.15, -0.1) is 11.3 Å². The molecule has 1 aliphatic rings. The molecule has 0 radical (unpaired) electrons. The van der Waals surface area contributed by atoms with Gasteiger partial charge in [0.05, 0.1) is 11.7 Å². The molecule has 1 fully saturated rings. The Kier molecular flexibility index (Phi) is 3.85. The molecule has 0 amide bonds. The third kappa shape index (κ3) is 3.06. The molecule has 2 heterocycles. The van der Waals surface area contributed by atoms with Gasteiger partial charge in [-0.2, -0.15) is 0 Å². The SMILES string of the molecule is CC(c1nc(C(C)(C)C)cs1)N1CCNCC1. The van der Waals surface area contributed by atoms with Gasteiger partial charge in [-0.1, -0.05) is 20.8 Å². The van der Waals surface area contributed by atoms with Gasteiger partial charge in [0.1, 0.15) is 5.01 Å². The van der Waals surface area contributed by atoms with Gasteiger partial charge in [-0.05, 0) is 6.92 Å². The van der Waals surface area contributed by atoms with Crippen molar-refractivity contribution >= 4 is 11.3 Å². The highest BCUT2D eigenvalue weighted by Crippen LogP contribution is 2.29. The average Bonchev–Trinajstić information content (AvgIpc) is 2.78. The Labute approximate surface area is 108 Å². The molecule has 0 spiro atoms. The summed E-state index contributed by atoms with van der Waals surface area (Å²) in [4.78, 5) is 7.33. The van der Waals surface area contributed by atoms with Crippen LogP contribution in [0.3, 0.4) is 0 Å². The highest BCUT2D eigenvalue weighted by atomic mass is 32.1. The number of rotatable bonds is 2. The fourth-order valence-corrected chi connectivity index (χ4v) is 3.19. The van der Waals surface area contributed by atoms with Crippen molar-refractivity contribution in [3.05, 3.63) is 16.1 Å². The summed E-state index contributed by atoms with van der Waals surface area (Å²) in [6.07, 6.45) is 0. The average molecular weight is 253 g/mol. The molecule has 0 aromatic carbocycles. The highest BCUT2D eigenvalue weighted by Gasteiger charge is 2.23. The van der Waals surface area contributed by atoms with Crippen LogP contribution in [0, 0.1) is 0 Å². The Morgan fingerprint density at radius 2 is 2.00 bits per heavy atom. The van der Waals surface area contributed by atoms with Crippen LogP contribution in [-0.2, 0) is 5.41 Å². The summed E-state index contributed by atoms with van der Waals surface area (Å²) in [6.45, 7) is 13.4. The fourth-order valence-electron chi connectivity index (χ4n) is 2.05. The van der Waals surface area contributed by atoms with E-state index in [1.807, 2.05) is 0 Å². The molecule has 1 aromatic heterocycles. The Balaban J connectivity index is 2.08. The maximum Gasteiger partial charge on any atom is 0.110 e. The molecule has 96 valence electrons. The van der Waals surface area contributed by atoms with Gasteiger partial charge in [-0.3, -0.25) is 4.90 Å². The normalized spacial score (nSPS) is 20.5. The van der Waals surface area contributed by atoms with Crippen molar-refractivity contribution in [2.45, 2.75) is 39.2 Å². The summed E-state index contributed by atoms with van der Waals surface area (Å²) in [6, 6.07) is 0.457. The van der Waals surface area contributed by atoms with Gasteiger partial charge in [0.15, 0.2) is 0 Å². The van der Waals surface area contributed by atoms with Gasteiger partial charge in [0.2, 0.25) is 0 Å². The van der Waals surface area contributed by atoms with Gasteiger partial charge >= 0.3 is 0 Å². The summed E-state index contributed by atoms with van der Waals surface area (Å²) in [5.41, 5.74) is 1.39. The minimum absolute atomic E-state index is 0.165. The molecule has 0 saturated carbocycles. The first-order valence-electron chi connectivity index (χ1n) is 6.39. The van der Waals surface area contributed by atoms with Crippen LogP contribution in [0.4, 0.5) is 0 Å². The van der Waals surface area contributed by atoms with Crippen LogP contribution in [0.15, 0.2) is 5.38 Å². The lowest BCUT2D eigenvalue weighted by atomic mass is 9.93. The third-order valence-electron chi connectivity index (χ3n) is 3.35. The lowest BCUT2D eigenvalue weighted by Crippen LogP contribution is -2.44. The number of nitrogens with one attached hydrogen (secondary N) is 1.